The molecule has 3 aromatic rings. The van der Waals surface area contributed by atoms with Crippen LogP contribution in [0.15, 0.2) is 76.5 Å². The zero-order valence-corrected chi connectivity index (χ0v) is 12.6. The van der Waals surface area contributed by atoms with Crippen LogP contribution in [0.2, 0.25) is 0 Å². The summed E-state index contributed by atoms with van der Waals surface area (Å²) in [5.41, 5.74) is 0.736. The van der Waals surface area contributed by atoms with Gasteiger partial charge in [-0.1, -0.05) is 54.2 Å². The first-order valence-corrected chi connectivity index (χ1v) is 7.73. The maximum absolute atomic E-state index is 10.8. The maximum atomic E-state index is 10.8. The first kappa shape index (κ1) is 14.4. The number of benzene rings is 3. The lowest BCUT2D eigenvalue weighted by Crippen LogP contribution is -1.95. The summed E-state index contributed by atoms with van der Waals surface area (Å²) < 4.78 is 0. The molecule has 0 unspecified atom stereocenters. The van der Waals surface area contributed by atoms with E-state index in [0.29, 0.717) is 6.29 Å². The minimum Gasteiger partial charge on any atom is -0.302 e. The van der Waals surface area contributed by atoms with Gasteiger partial charge in [-0.2, -0.15) is 5.26 Å². The number of nitrogens with zero attached hydrogens (tertiary/aromatic N) is 1. The molecular weight excluding hydrogens is 290 g/mol. The summed E-state index contributed by atoms with van der Waals surface area (Å²) in [6, 6.07) is 24.2. The quantitative estimate of drug-likeness (QED) is 0.650. The molecule has 0 spiro atoms. The monoisotopic (exact) mass is 303 g/mol. The second kappa shape index (κ2) is 6.46. The maximum Gasteiger partial charge on any atom is 0.141 e. The highest BCUT2D eigenvalue weighted by atomic mass is 32.2. The Balaban J connectivity index is 1.82. The number of fused-ring (bicyclic) bond motifs is 1. The van der Waals surface area contributed by atoms with E-state index in [0.717, 1.165) is 10.5 Å². The average Bonchev–Trinajstić information content (AvgIpc) is 2.57. The normalized spacial score (nSPS) is 11.8. The molecule has 0 bridgehead atoms. The third-order valence-corrected chi connectivity index (χ3v) is 4.47. The van der Waals surface area contributed by atoms with Crippen LogP contribution in [0.1, 0.15) is 11.5 Å². The van der Waals surface area contributed by atoms with Gasteiger partial charge >= 0.3 is 0 Å². The summed E-state index contributed by atoms with van der Waals surface area (Å²) >= 11 is 1.67. The van der Waals surface area contributed by atoms with Crippen LogP contribution in [-0.4, -0.2) is 6.29 Å². The van der Waals surface area contributed by atoms with Gasteiger partial charge < -0.3 is 4.79 Å². The molecule has 1 atom stereocenters. The highest BCUT2D eigenvalue weighted by Gasteiger charge is 2.08. The Morgan fingerprint density at radius 2 is 1.59 bits per heavy atom. The molecule has 0 saturated heterocycles. The predicted octanol–water partition coefficient (Wildman–Crippen LogP) is 4.80. The number of aldehydes is 1. The van der Waals surface area contributed by atoms with Crippen molar-refractivity contribution >= 4 is 28.8 Å². The number of hydrogen-bond donors (Lipinski definition) is 0. The summed E-state index contributed by atoms with van der Waals surface area (Å²) in [5, 5.41) is 11.3. The minimum atomic E-state index is -0.681. The molecule has 3 rings (SSSR count). The van der Waals surface area contributed by atoms with E-state index in [1.807, 2.05) is 42.5 Å². The number of hydrogen-bond acceptors (Lipinski definition) is 3. The molecule has 0 heterocycles. The Labute approximate surface area is 133 Å². The fraction of sp³-hybridized carbons (Fsp3) is 0.0526. The van der Waals surface area contributed by atoms with Crippen LogP contribution in [0.4, 0.5) is 0 Å². The van der Waals surface area contributed by atoms with Crippen LogP contribution >= 0.6 is 11.8 Å². The van der Waals surface area contributed by atoms with Gasteiger partial charge in [-0.3, -0.25) is 0 Å². The van der Waals surface area contributed by atoms with Crippen LogP contribution in [0.25, 0.3) is 10.8 Å². The van der Waals surface area contributed by atoms with E-state index >= 15 is 0 Å². The zero-order valence-electron chi connectivity index (χ0n) is 11.8. The third kappa shape index (κ3) is 3.03. The summed E-state index contributed by atoms with van der Waals surface area (Å²) in [6.07, 6.45) is 0.672. The van der Waals surface area contributed by atoms with Gasteiger partial charge in [0, 0.05) is 9.79 Å². The van der Waals surface area contributed by atoms with E-state index in [1.165, 1.54) is 15.7 Å². The summed E-state index contributed by atoms with van der Waals surface area (Å²) in [7, 11) is 0. The third-order valence-electron chi connectivity index (χ3n) is 3.47. The molecule has 22 heavy (non-hydrogen) atoms. The lowest BCUT2D eigenvalue weighted by Gasteiger charge is -2.06. The lowest BCUT2D eigenvalue weighted by molar-refractivity contribution is -0.108. The van der Waals surface area contributed by atoms with E-state index in [2.05, 4.69) is 30.3 Å². The fourth-order valence-corrected chi connectivity index (χ4v) is 3.16. The van der Waals surface area contributed by atoms with E-state index in [9.17, 15) is 4.79 Å². The summed E-state index contributed by atoms with van der Waals surface area (Å²) in [5.74, 6) is -0.681. The number of carbonyl (C=O) groups is 1. The van der Waals surface area contributed by atoms with E-state index in [1.54, 1.807) is 11.8 Å². The van der Waals surface area contributed by atoms with Gasteiger partial charge in [-0.05, 0) is 40.6 Å². The van der Waals surface area contributed by atoms with Crippen molar-refractivity contribution < 1.29 is 4.79 Å². The van der Waals surface area contributed by atoms with Crippen molar-refractivity contribution in [3.05, 3.63) is 72.3 Å². The Hall–Kier alpha value is -2.57. The highest BCUT2D eigenvalue weighted by Crippen LogP contribution is 2.30. The lowest BCUT2D eigenvalue weighted by atomic mass is 10.0. The smallest absolute Gasteiger partial charge is 0.141 e. The van der Waals surface area contributed by atoms with Crippen molar-refractivity contribution in [2.75, 3.05) is 0 Å². The molecule has 3 aromatic carbocycles. The number of carbonyl (C=O) groups excluding carboxylic acids is 1. The van der Waals surface area contributed by atoms with Crippen molar-refractivity contribution in [1.82, 2.24) is 0 Å². The molecule has 0 N–H and O–H groups in total. The largest absolute Gasteiger partial charge is 0.302 e. The van der Waals surface area contributed by atoms with Crippen molar-refractivity contribution in [2.24, 2.45) is 0 Å². The van der Waals surface area contributed by atoms with Crippen LogP contribution in [-0.2, 0) is 4.79 Å². The summed E-state index contributed by atoms with van der Waals surface area (Å²) in [6.45, 7) is 0. The van der Waals surface area contributed by atoms with Crippen molar-refractivity contribution in [3.8, 4) is 6.07 Å². The molecule has 2 nitrogen and oxygen atoms in total. The van der Waals surface area contributed by atoms with Crippen LogP contribution in [0, 0.1) is 11.3 Å². The Bertz CT molecular complexity index is 849. The molecule has 3 heteroatoms. The van der Waals surface area contributed by atoms with Gasteiger partial charge in [0.05, 0.1) is 6.07 Å². The van der Waals surface area contributed by atoms with E-state index in [-0.39, 0.29) is 0 Å². The van der Waals surface area contributed by atoms with Crippen molar-refractivity contribution in [1.29, 1.82) is 5.26 Å². The van der Waals surface area contributed by atoms with Crippen molar-refractivity contribution in [2.45, 2.75) is 15.7 Å². The minimum absolute atomic E-state index is 0.672. The number of nitriles is 1. The molecule has 0 saturated carbocycles. The topological polar surface area (TPSA) is 40.9 Å². The van der Waals surface area contributed by atoms with Gasteiger partial charge in [0.1, 0.15) is 12.2 Å². The standard InChI is InChI=1S/C19H13NOS/c20-12-17(13-21)15-5-8-18(9-6-15)22-19-10-7-14-3-1-2-4-16(14)11-19/h1-11,13,17H/t17-/m0/s1. The van der Waals surface area contributed by atoms with Gasteiger partial charge in [0.15, 0.2) is 0 Å². The number of rotatable bonds is 4. The van der Waals surface area contributed by atoms with Gasteiger partial charge in [-0.15, -0.1) is 0 Å². The zero-order chi connectivity index (χ0) is 15.4. The van der Waals surface area contributed by atoms with E-state index in [4.69, 9.17) is 5.26 Å². The Morgan fingerprint density at radius 3 is 2.27 bits per heavy atom. The molecule has 0 radical (unpaired) electrons. The molecule has 0 aliphatic rings. The molecule has 0 aliphatic heterocycles. The Kier molecular flexibility index (Phi) is 4.22. The molecule has 0 aliphatic carbocycles. The first-order valence-electron chi connectivity index (χ1n) is 6.91. The molecule has 0 aromatic heterocycles. The van der Waals surface area contributed by atoms with Gasteiger partial charge in [0.2, 0.25) is 0 Å². The van der Waals surface area contributed by atoms with Crippen LogP contribution in [0.5, 0.6) is 0 Å². The average molecular weight is 303 g/mol. The first-order chi connectivity index (χ1) is 10.8. The van der Waals surface area contributed by atoms with Crippen LogP contribution < -0.4 is 0 Å². The molecule has 0 fully saturated rings. The fourth-order valence-electron chi connectivity index (χ4n) is 2.29. The van der Waals surface area contributed by atoms with Crippen LogP contribution in [0.3, 0.4) is 0 Å². The second-order valence-electron chi connectivity index (χ2n) is 4.92. The Morgan fingerprint density at radius 1 is 0.909 bits per heavy atom. The predicted molar refractivity (Wildman–Crippen MR) is 88.9 cm³/mol. The second-order valence-corrected chi connectivity index (χ2v) is 6.07. The van der Waals surface area contributed by atoms with Crippen molar-refractivity contribution in [3.63, 3.8) is 0 Å². The molecular formula is C19H13NOS. The molecule has 106 valence electrons. The van der Waals surface area contributed by atoms with Gasteiger partial charge in [-0.25, -0.2) is 0 Å². The highest BCUT2D eigenvalue weighted by molar-refractivity contribution is 7.99. The van der Waals surface area contributed by atoms with Gasteiger partial charge in [0.25, 0.3) is 0 Å². The van der Waals surface area contributed by atoms with E-state index < -0.39 is 5.92 Å². The summed E-state index contributed by atoms with van der Waals surface area (Å²) in [4.78, 5) is 13.1. The molecule has 0 amide bonds. The SMILES string of the molecule is N#C[C@@H](C=O)c1ccc(Sc2ccc3ccccc3c2)cc1.